The summed E-state index contributed by atoms with van der Waals surface area (Å²) in [5.74, 6) is -1.02. The van der Waals surface area contributed by atoms with Crippen molar-refractivity contribution < 1.29 is 18.3 Å². The Kier molecular flexibility index (Phi) is 4.37. The second kappa shape index (κ2) is 6.07. The molecule has 2 aromatic heterocycles. The lowest BCUT2D eigenvalue weighted by atomic mass is 10.1. The first-order valence-corrected chi connectivity index (χ1v) is 9.81. The number of carboxylic acid groups (broad SMARTS) is 1. The van der Waals surface area contributed by atoms with E-state index in [1.54, 1.807) is 18.4 Å². The third kappa shape index (κ3) is 2.71. The highest BCUT2D eigenvalue weighted by molar-refractivity contribution is 7.90. The van der Waals surface area contributed by atoms with E-state index in [0.717, 1.165) is 0 Å². The topological polar surface area (TPSA) is 76.4 Å². The number of aliphatic carboxylic acids is 1. The standard InChI is InChI=1S/C15H11Cl2NO4S2/c1-8-11(7-14(19)20)10-4-5-23-15(10)18(8)24(21,22)9-2-3-12(16)13(17)6-9/h2-6H,7H2,1H3,(H,19,20). The molecule has 0 aliphatic rings. The first-order valence-electron chi connectivity index (χ1n) is 6.73. The highest BCUT2D eigenvalue weighted by Gasteiger charge is 2.27. The molecule has 0 bridgehead atoms. The van der Waals surface area contributed by atoms with Crippen LogP contribution in [0.1, 0.15) is 11.3 Å². The van der Waals surface area contributed by atoms with Gasteiger partial charge in [-0.05, 0) is 42.1 Å². The minimum atomic E-state index is -3.93. The van der Waals surface area contributed by atoms with Crippen LogP contribution in [0.3, 0.4) is 0 Å². The summed E-state index contributed by atoms with van der Waals surface area (Å²) in [7, 11) is -3.93. The number of halogens is 2. The van der Waals surface area contributed by atoms with Gasteiger partial charge in [0.05, 0.1) is 21.4 Å². The number of carboxylic acids is 1. The highest BCUT2D eigenvalue weighted by atomic mass is 35.5. The molecule has 9 heteroatoms. The maximum absolute atomic E-state index is 13.0. The Hall–Kier alpha value is -1.54. The van der Waals surface area contributed by atoms with E-state index < -0.39 is 16.0 Å². The van der Waals surface area contributed by atoms with Gasteiger partial charge >= 0.3 is 5.97 Å². The Morgan fingerprint density at radius 3 is 2.58 bits per heavy atom. The number of carbonyl (C=O) groups is 1. The van der Waals surface area contributed by atoms with Crippen molar-refractivity contribution in [3.63, 3.8) is 0 Å². The van der Waals surface area contributed by atoms with Crippen LogP contribution in [0.2, 0.25) is 10.0 Å². The second-order valence-corrected chi connectivity index (χ2v) is 8.61. The Morgan fingerprint density at radius 2 is 1.96 bits per heavy atom. The fourth-order valence-electron chi connectivity index (χ4n) is 2.56. The fraction of sp³-hybridized carbons (Fsp3) is 0.133. The zero-order chi connectivity index (χ0) is 17.6. The van der Waals surface area contributed by atoms with Gasteiger partial charge in [-0.15, -0.1) is 11.3 Å². The number of fused-ring (bicyclic) bond motifs is 1. The normalized spacial score (nSPS) is 12.0. The largest absolute Gasteiger partial charge is 0.481 e. The van der Waals surface area contributed by atoms with Crippen molar-refractivity contribution >= 4 is 60.7 Å². The zero-order valence-electron chi connectivity index (χ0n) is 12.3. The summed E-state index contributed by atoms with van der Waals surface area (Å²) in [5.41, 5.74) is 0.868. The Morgan fingerprint density at radius 1 is 1.25 bits per heavy atom. The quantitative estimate of drug-likeness (QED) is 0.708. The molecular formula is C15H11Cl2NO4S2. The summed E-state index contributed by atoms with van der Waals surface area (Å²) in [6.45, 7) is 1.60. The fourth-order valence-corrected chi connectivity index (χ4v) is 5.74. The molecule has 0 aliphatic carbocycles. The molecule has 1 N–H and O–H groups in total. The van der Waals surface area contributed by atoms with E-state index in [1.807, 2.05) is 0 Å². The summed E-state index contributed by atoms with van der Waals surface area (Å²) in [6, 6.07) is 5.81. The molecule has 5 nitrogen and oxygen atoms in total. The molecular weight excluding hydrogens is 393 g/mol. The van der Waals surface area contributed by atoms with Gasteiger partial charge in [0.15, 0.2) is 0 Å². The van der Waals surface area contributed by atoms with Crippen LogP contribution < -0.4 is 0 Å². The van der Waals surface area contributed by atoms with E-state index >= 15 is 0 Å². The van der Waals surface area contributed by atoms with Gasteiger partial charge < -0.3 is 5.11 Å². The SMILES string of the molecule is Cc1c(CC(=O)O)c2ccsc2n1S(=O)(=O)c1ccc(Cl)c(Cl)c1. The van der Waals surface area contributed by atoms with Crippen LogP contribution in [0.5, 0.6) is 0 Å². The van der Waals surface area contributed by atoms with Gasteiger partial charge in [-0.1, -0.05) is 23.2 Å². The maximum Gasteiger partial charge on any atom is 0.307 e. The molecule has 24 heavy (non-hydrogen) atoms. The van der Waals surface area contributed by atoms with Crippen LogP contribution >= 0.6 is 34.5 Å². The van der Waals surface area contributed by atoms with Gasteiger partial charge in [-0.2, -0.15) is 0 Å². The molecule has 0 saturated heterocycles. The van der Waals surface area contributed by atoms with Crippen molar-refractivity contribution in [1.82, 2.24) is 3.97 Å². The molecule has 0 aliphatic heterocycles. The van der Waals surface area contributed by atoms with Gasteiger partial charge in [-0.25, -0.2) is 12.4 Å². The molecule has 126 valence electrons. The number of nitrogens with zero attached hydrogens (tertiary/aromatic N) is 1. The highest BCUT2D eigenvalue weighted by Crippen LogP contribution is 2.35. The Balaban J connectivity index is 2.28. The predicted molar refractivity (Wildman–Crippen MR) is 94.9 cm³/mol. The maximum atomic E-state index is 13.0. The van der Waals surface area contributed by atoms with Crippen LogP contribution in [-0.2, 0) is 21.2 Å². The van der Waals surface area contributed by atoms with Crippen molar-refractivity contribution in [2.45, 2.75) is 18.2 Å². The van der Waals surface area contributed by atoms with Gasteiger partial charge in [0, 0.05) is 11.1 Å². The molecule has 3 aromatic rings. The van der Waals surface area contributed by atoms with Crippen LogP contribution in [0.25, 0.3) is 10.2 Å². The molecule has 3 rings (SSSR count). The first-order chi connectivity index (χ1) is 11.2. The Labute approximate surface area is 152 Å². The van der Waals surface area contributed by atoms with Gasteiger partial charge in [0.2, 0.25) is 0 Å². The number of hydrogen-bond donors (Lipinski definition) is 1. The molecule has 0 spiro atoms. The average molecular weight is 404 g/mol. The minimum absolute atomic E-state index is 0.00725. The smallest absolute Gasteiger partial charge is 0.307 e. The summed E-state index contributed by atoms with van der Waals surface area (Å²) in [6.07, 6.45) is -0.247. The minimum Gasteiger partial charge on any atom is -0.481 e. The number of hydrogen-bond acceptors (Lipinski definition) is 4. The third-order valence-corrected chi connectivity index (χ3v) is 7.19. The molecule has 0 radical (unpaired) electrons. The van der Waals surface area contributed by atoms with Crippen molar-refractivity contribution in [3.8, 4) is 0 Å². The van der Waals surface area contributed by atoms with Crippen molar-refractivity contribution in [3.05, 3.63) is 50.9 Å². The molecule has 2 heterocycles. The van der Waals surface area contributed by atoms with E-state index in [4.69, 9.17) is 28.3 Å². The lowest BCUT2D eigenvalue weighted by Gasteiger charge is -2.10. The van der Waals surface area contributed by atoms with Gasteiger partial charge in [-0.3, -0.25) is 4.79 Å². The predicted octanol–water partition coefficient (Wildman–Crippen LogP) is 4.18. The summed E-state index contributed by atoms with van der Waals surface area (Å²) >= 11 is 13.0. The van der Waals surface area contributed by atoms with Gasteiger partial charge in [0.25, 0.3) is 10.0 Å². The third-order valence-electron chi connectivity index (χ3n) is 3.65. The van der Waals surface area contributed by atoms with Crippen LogP contribution in [0.4, 0.5) is 0 Å². The van der Waals surface area contributed by atoms with Crippen molar-refractivity contribution in [2.24, 2.45) is 0 Å². The monoisotopic (exact) mass is 403 g/mol. The second-order valence-electron chi connectivity index (χ2n) is 5.12. The zero-order valence-corrected chi connectivity index (χ0v) is 15.4. The van der Waals surface area contributed by atoms with Crippen LogP contribution in [0.15, 0.2) is 34.5 Å². The lowest BCUT2D eigenvalue weighted by molar-refractivity contribution is -0.136. The average Bonchev–Trinajstić information content (AvgIpc) is 3.04. The van der Waals surface area contributed by atoms with Gasteiger partial charge in [0.1, 0.15) is 4.83 Å². The number of benzene rings is 1. The van der Waals surface area contributed by atoms with E-state index in [0.29, 0.717) is 21.5 Å². The van der Waals surface area contributed by atoms with E-state index in [1.165, 1.54) is 33.5 Å². The number of thiophene rings is 1. The summed E-state index contributed by atoms with van der Waals surface area (Å²) in [4.78, 5) is 11.6. The molecule has 1 aromatic carbocycles. The Bertz CT molecular complexity index is 1070. The summed E-state index contributed by atoms with van der Waals surface area (Å²) in [5, 5.41) is 11.8. The van der Waals surface area contributed by atoms with E-state index in [-0.39, 0.29) is 21.4 Å². The van der Waals surface area contributed by atoms with Crippen LogP contribution in [-0.4, -0.2) is 23.5 Å². The molecule has 0 atom stereocenters. The molecule has 0 fully saturated rings. The molecule has 0 unspecified atom stereocenters. The van der Waals surface area contributed by atoms with Crippen molar-refractivity contribution in [1.29, 1.82) is 0 Å². The number of aromatic nitrogens is 1. The van der Waals surface area contributed by atoms with Crippen molar-refractivity contribution in [2.75, 3.05) is 0 Å². The molecule has 0 saturated carbocycles. The summed E-state index contributed by atoms with van der Waals surface area (Å²) < 4.78 is 27.3. The van der Waals surface area contributed by atoms with E-state index in [9.17, 15) is 13.2 Å². The number of rotatable bonds is 4. The first kappa shape index (κ1) is 17.3. The van der Waals surface area contributed by atoms with E-state index in [2.05, 4.69) is 0 Å². The van der Waals surface area contributed by atoms with Crippen LogP contribution in [0, 0.1) is 6.92 Å². The molecule has 0 amide bonds. The lowest BCUT2D eigenvalue weighted by Crippen LogP contribution is -2.14.